The first kappa shape index (κ1) is 17.7. The fourth-order valence-electron chi connectivity index (χ4n) is 3.10. The third-order valence-corrected chi connectivity index (χ3v) is 6.43. The Kier molecular flexibility index (Phi) is 4.96. The van der Waals surface area contributed by atoms with E-state index in [1.165, 1.54) is 16.4 Å². The van der Waals surface area contributed by atoms with E-state index in [-0.39, 0.29) is 10.8 Å². The van der Waals surface area contributed by atoms with Crippen molar-refractivity contribution in [1.82, 2.24) is 14.6 Å². The van der Waals surface area contributed by atoms with Gasteiger partial charge in [-0.15, -0.1) is 0 Å². The van der Waals surface area contributed by atoms with Crippen LogP contribution in [0.2, 0.25) is 0 Å². The lowest BCUT2D eigenvalue weighted by Crippen LogP contribution is -2.28. The molecule has 25 heavy (non-hydrogen) atoms. The molecule has 0 aliphatic carbocycles. The van der Waals surface area contributed by atoms with Crippen LogP contribution in [0, 0.1) is 13.8 Å². The Hall–Kier alpha value is -2.12. The Labute approximate surface area is 148 Å². The molecule has 7 heteroatoms. The number of H-pyrrole nitrogens is 1. The van der Waals surface area contributed by atoms with Crippen molar-refractivity contribution in [2.24, 2.45) is 0 Å². The van der Waals surface area contributed by atoms with Gasteiger partial charge in [-0.1, -0.05) is 0 Å². The van der Waals surface area contributed by atoms with Crippen molar-refractivity contribution in [3.63, 3.8) is 0 Å². The summed E-state index contributed by atoms with van der Waals surface area (Å²) in [7, 11) is -3.44. The molecule has 6 nitrogen and oxygen atoms in total. The highest BCUT2D eigenvalue weighted by Crippen LogP contribution is 2.21. The zero-order chi connectivity index (χ0) is 18.0. The van der Waals surface area contributed by atoms with Gasteiger partial charge in [0.15, 0.2) is 0 Å². The lowest BCUT2D eigenvalue weighted by molar-refractivity contribution is 0.0951. The number of hydrogen-bond donors (Lipinski definition) is 2. The Morgan fingerprint density at radius 1 is 1.16 bits per heavy atom. The fraction of sp³-hybridized carbons (Fsp3) is 0.389. The minimum absolute atomic E-state index is 0.219. The van der Waals surface area contributed by atoms with Crippen molar-refractivity contribution in [3.05, 3.63) is 52.8 Å². The molecule has 1 saturated heterocycles. The van der Waals surface area contributed by atoms with Gasteiger partial charge >= 0.3 is 0 Å². The van der Waals surface area contributed by atoms with Gasteiger partial charge in [0.1, 0.15) is 0 Å². The third-order valence-electron chi connectivity index (χ3n) is 4.52. The second kappa shape index (κ2) is 7.01. The molecule has 0 bridgehead atoms. The maximum Gasteiger partial charge on any atom is 0.251 e. The van der Waals surface area contributed by atoms with Gasteiger partial charge in [-0.3, -0.25) is 4.79 Å². The Bertz CT molecular complexity index is 863. The average molecular weight is 361 g/mol. The number of sulfonamides is 1. The van der Waals surface area contributed by atoms with E-state index in [1.807, 2.05) is 19.9 Å². The fourth-order valence-corrected chi connectivity index (χ4v) is 4.62. The minimum Gasteiger partial charge on any atom is -0.362 e. The summed E-state index contributed by atoms with van der Waals surface area (Å²) in [4.78, 5) is 15.7. The van der Waals surface area contributed by atoms with Crippen LogP contribution in [0.15, 0.2) is 35.2 Å². The Balaban J connectivity index is 1.67. The summed E-state index contributed by atoms with van der Waals surface area (Å²) in [5, 5.41) is 2.86. The molecule has 1 fully saturated rings. The van der Waals surface area contributed by atoms with E-state index >= 15 is 0 Å². The number of aromatic nitrogens is 1. The number of aryl methyl sites for hydroxylation is 2. The van der Waals surface area contributed by atoms with E-state index in [2.05, 4.69) is 10.3 Å². The smallest absolute Gasteiger partial charge is 0.251 e. The Morgan fingerprint density at radius 2 is 1.80 bits per heavy atom. The number of nitrogens with zero attached hydrogens (tertiary/aromatic N) is 1. The summed E-state index contributed by atoms with van der Waals surface area (Å²) in [6, 6.07) is 8.14. The maximum absolute atomic E-state index is 12.5. The second-order valence-corrected chi connectivity index (χ2v) is 8.36. The molecule has 0 spiro atoms. The van der Waals surface area contributed by atoms with Gasteiger partial charge in [-0.2, -0.15) is 4.31 Å². The maximum atomic E-state index is 12.5. The number of rotatable bonds is 5. The van der Waals surface area contributed by atoms with Crippen LogP contribution >= 0.6 is 0 Å². The first-order chi connectivity index (χ1) is 11.9. The molecule has 0 radical (unpaired) electrons. The quantitative estimate of drug-likeness (QED) is 0.858. The standard InChI is InChI=1S/C18H23N3O3S/c1-13-11-16(14(2)20-13)12-19-18(22)15-5-7-17(8-6-15)25(23,24)21-9-3-4-10-21/h5-8,11,20H,3-4,9-10,12H2,1-2H3,(H,19,22). The number of aromatic amines is 1. The van der Waals surface area contributed by atoms with Gasteiger partial charge in [-0.25, -0.2) is 8.42 Å². The minimum atomic E-state index is -3.44. The summed E-state index contributed by atoms with van der Waals surface area (Å²) >= 11 is 0. The molecule has 3 rings (SSSR count). The van der Waals surface area contributed by atoms with Crippen LogP contribution < -0.4 is 5.32 Å². The molecule has 0 unspecified atom stereocenters. The monoisotopic (exact) mass is 361 g/mol. The summed E-state index contributed by atoms with van der Waals surface area (Å²) in [6.07, 6.45) is 1.80. The van der Waals surface area contributed by atoms with E-state index in [9.17, 15) is 13.2 Å². The van der Waals surface area contributed by atoms with Gasteiger partial charge in [-0.05, 0) is 62.6 Å². The summed E-state index contributed by atoms with van der Waals surface area (Å²) in [6.45, 7) is 5.51. The van der Waals surface area contributed by atoms with Crippen LogP contribution in [0.1, 0.15) is 40.2 Å². The largest absolute Gasteiger partial charge is 0.362 e. The summed E-state index contributed by atoms with van der Waals surface area (Å²) < 4.78 is 26.5. The number of benzene rings is 1. The predicted molar refractivity (Wildman–Crippen MR) is 95.9 cm³/mol. The molecule has 2 N–H and O–H groups in total. The van der Waals surface area contributed by atoms with E-state index in [1.54, 1.807) is 12.1 Å². The Morgan fingerprint density at radius 3 is 2.36 bits per heavy atom. The molecule has 2 heterocycles. The molecule has 1 amide bonds. The molecule has 0 saturated carbocycles. The lowest BCUT2D eigenvalue weighted by Gasteiger charge is -2.15. The topological polar surface area (TPSA) is 82.3 Å². The van der Waals surface area contributed by atoms with Crippen molar-refractivity contribution < 1.29 is 13.2 Å². The van der Waals surface area contributed by atoms with Gasteiger partial charge in [0.25, 0.3) is 5.91 Å². The van der Waals surface area contributed by atoms with Crippen molar-refractivity contribution in [3.8, 4) is 0 Å². The number of carbonyl (C=O) groups excluding carboxylic acids is 1. The molecule has 1 aromatic carbocycles. The molecule has 1 aliphatic heterocycles. The van der Waals surface area contributed by atoms with Crippen molar-refractivity contribution in [2.75, 3.05) is 13.1 Å². The van der Waals surface area contributed by atoms with Crippen molar-refractivity contribution >= 4 is 15.9 Å². The normalized spacial score (nSPS) is 15.4. The second-order valence-electron chi connectivity index (χ2n) is 6.42. The van der Waals surface area contributed by atoms with Crippen LogP contribution in [0.3, 0.4) is 0 Å². The predicted octanol–water partition coefficient (Wildman–Crippen LogP) is 2.35. The molecule has 134 valence electrons. The number of carbonyl (C=O) groups is 1. The van der Waals surface area contributed by atoms with Crippen molar-refractivity contribution in [1.29, 1.82) is 0 Å². The van der Waals surface area contributed by atoms with Crippen LogP contribution in [0.4, 0.5) is 0 Å². The average Bonchev–Trinajstić information content (AvgIpc) is 3.23. The first-order valence-electron chi connectivity index (χ1n) is 8.41. The first-order valence-corrected chi connectivity index (χ1v) is 9.85. The number of amides is 1. The van der Waals surface area contributed by atoms with Crippen LogP contribution in [0.25, 0.3) is 0 Å². The number of nitrogens with one attached hydrogen (secondary N) is 2. The van der Waals surface area contributed by atoms with Gasteiger partial charge in [0.05, 0.1) is 4.90 Å². The van der Waals surface area contributed by atoms with E-state index in [4.69, 9.17) is 0 Å². The molecular weight excluding hydrogens is 338 g/mol. The van der Waals surface area contributed by atoms with E-state index < -0.39 is 10.0 Å². The highest BCUT2D eigenvalue weighted by atomic mass is 32.2. The lowest BCUT2D eigenvalue weighted by atomic mass is 10.2. The molecule has 2 aromatic rings. The molecule has 0 atom stereocenters. The van der Waals surface area contributed by atoms with Crippen molar-refractivity contribution in [2.45, 2.75) is 38.1 Å². The van der Waals surface area contributed by atoms with Crippen LogP contribution in [0.5, 0.6) is 0 Å². The van der Waals surface area contributed by atoms with Gasteiger partial charge in [0.2, 0.25) is 10.0 Å². The molecule has 1 aliphatic rings. The molecular formula is C18H23N3O3S. The van der Waals surface area contributed by atoms with E-state index in [0.717, 1.165) is 29.8 Å². The highest BCUT2D eigenvalue weighted by Gasteiger charge is 2.27. The van der Waals surface area contributed by atoms with Crippen LogP contribution in [-0.4, -0.2) is 36.7 Å². The number of hydrogen-bond acceptors (Lipinski definition) is 3. The highest BCUT2D eigenvalue weighted by molar-refractivity contribution is 7.89. The SMILES string of the molecule is Cc1cc(CNC(=O)c2ccc(S(=O)(=O)N3CCCC3)cc2)c(C)[nH]1. The zero-order valence-electron chi connectivity index (χ0n) is 14.5. The van der Waals surface area contributed by atoms with Crippen LogP contribution in [-0.2, 0) is 16.6 Å². The summed E-state index contributed by atoms with van der Waals surface area (Å²) in [5.74, 6) is -0.219. The molecule has 1 aromatic heterocycles. The van der Waals surface area contributed by atoms with E-state index in [0.29, 0.717) is 25.2 Å². The van der Waals surface area contributed by atoms with Gasteiger partial charge < -0.3 is 10.3 Å². The van der Waals surface area contributed by atoms with Gasteiger partial charge in [0, 0.05) is 36.6 Å². The summed E-state index contributed by atoms with van der Waals surface area (Å²) in [5.41, 5.74) is 3.58. The zero-order valence-corrected chi connectivity index (χ0v) is 15.3. The third kappa shape index (κ3) is 3.77.